The summed E-state index contributed by atoms with van der Waals surface area (Å²) < 4.78 is 122. The molecule has 0 aromatic carbocycles. The predicted octanol–water partition coefficient (Wildman–Crippen LogP) is -28.3. The number of hydrogen-bond acceptors (Lipinski definition) is 62. The number of aliphatic hydroxyl groups excluding tert-OH is 37. The van der Waals surface area contributed by atoms with Crippen LogP contribution in [0.5, 0.6) is 0 Å². The monoisotopic (exact) mass is 2020 g/mol. The standard InChI is InChI=1S/C73H123NO63/c74-23-27(93)53(129-66-40(106)30(96)26(92)22(122-66)11-118-63-37(103)28(94)24(90)19(7-80)119-63)21(9-82)121-62(23)131-55-43(109)58(134-70-57(36(102)35(101)48(126-70)15(86)4-77)133-67-41(107)32(98)34(100)47(124-67)14(85)3-76)71(136-60(55)61(112)113)130-54-42(108)49(18(89)10-117-64-38(104)31(97)33(99)46(123-64)13(84)2-75)125-68(44(54)110)132-56-45(111)69(127-50-12(83)1-73(116,72(114)115)137-52(50)17(88)6-79)128-51(16(87)5-78)59(56)135-65-39(105)29(95)25(91)20(8-81)120-65/h12-60,62-71,75-111,116H,1-11,74H2,(H,112,113)(H,114,115)/t12-,13+,14-,15-,16+,17-,18+,19-,20-,21-,22-,23-,24-,25-,26-,27-,28+,29+,30+,31+,32+,33+,34+,35+,36+,37-,38+,39-,40-,41+,42-,43+,44+,45+,46-,47-,48-,49-,50-,51-,52-,53-,54+,55-,56-,57+,58-,59-,60+,62-,63-,64+,65+,66-,67-,68-,69+,70-,71+,73-/m1/s1. The Morgan fingerprint density at radius 2 is 0.620 bits per heavy atom. The Hall–Kier alpha value is -3.46. The molecule has 11 aliphatic rings. The van der Waals surface area contributed by atoms with E-state index in [9.17, 15) is 214 Å². The molecule has 11 aliphatic heterocycles. The van der Waals surface area contributed by atoms with Crippen LogP contribution in [0, 0.1) is 0 Å². The van der Waals surface area contributed by atoms with Crippen molar-refractivity contribution in [2.75, 3.05) is 66.1 Å². The molecule has 11 saturated heterocycles. The van der Waals surface area contributed by atoms with E-state index in [1.165, 1.54) is 0 Å². The van der Waals surface area contributed by atoms with Gasteiger partial charge in [-0.15, -0.1) is 0 Å². The van der Waals surface area contributed by atoms with Gasteiger partial charge in [-0.25, -0.2) is 9.59 Å². The van der Waals surface area contributed by atoms with Gasteiger partial charge in [-0.3, -0.25) is 0 Å². The van der Waals surface area contributed by atoms with Crippen molar-refractivity contribution in [3.05, 3.63) is 0 Å². The molecular weight excluding hydrogens is 1900 g/mol. The zero-order chi connectivity index (χ0) is 101. The van der Waals surface area contributed by atoms with Crippen LogP contribution in [0.2, 0.25) is 0 Å². The van der Waals surface area contributed by atoms with Gasteiger partial charge in [-0.2, -0.15) is 0 Å². The van der Waals surface area contributed by atoms with Gasteiger partial charge in [0, 0.05) is 6.42 Å². The van der Waals surface area contributed by atoms with E-state index in [-0.39, 0.29) is 0 Å². The van der Waals surface area contributed by atoms with Gasteiger partial charge in [-0.05, 0) is 0 Å². The topological polar surface area (TPSA) is 1060 Å². The van der Waals surface area contributed by atoms with E-state index >= 15 is 0 Å². The molecule has 64 nitrogen and oxygen atoms in total. The molecule has 0 saturated carbocycles. The molecule has 0 unspecified atom stereocenters. The summed E-state index contributed by atoms with van der Waals surface area (Å²) >= 11 is 0. The molecule has 0 bridgehead atoms. The number of carboxylic acids is 2. The Balaban J connectivity index is 1.00. The molecule has 0 amide bonds. The van der Waals surface area contributed by atoms with Crippen LogP contribution in [0.1, 0.15) is 6.42 Å². The molecule has 42 N–H and O–H groups in total. The normalized spacial score (nSPS) is 50.6. The first-order chi connectivity index (χ1) is 64.5. The maximum atomic E-state index is 14.1. The number of nitrogens with two attached hydrogens (primary N) is 1. The van der Waals surface area contributed by atoms with Crippen molar-refractivity contribution in [3.63, 3.8) is 0 Å². The lowest BCUT2D eigenvalue weighted by Crippen LogP contribution is -2.71. The number of carbonyl (C=O) groups is 2. The molecule has 60 atom stereocenters. The average molecular weight is 2020 g/mol. The summed E-state index contributed by atoms with van der Waals surface area (Å²) in [6.45, 7) is -12.9. The van der Waals surface area contributed by atoms with Crippen LogP contribution in [0.25, 0.3) is 0 Å². The summed E-state index contributed by atoms with van der Waals surface area (Å²) in [5.74, 6) is -8.00. The lowest BCUT2D eigenvalue weighted by atomic mass is 9.91. The number of aliphatic hydroxyl groups is 38. The fourth-order valence-corrected chi connectivity index (χ4v) is 17.3. The number of carboxylic acid groups (broad SMARTS) is 2. The van der Waals surface area contributed by atoms with Crippen LogP contribution >= 0.6 is 0 Å². The summed E-state index contributed by atoms with van der Waals surface area (Å²) in [7, 11) is 0. The van der Waals surface area contributed by atoms with E-state index in [0.29, 0.717) is 0 Å². The SMILES string of the molecule is N[C@H]1[C@@H](O[C@@H]2[C@H](O)[C@@H](O[C@H]3O[C@H]([C@H](O)CO)[C@@H](O)[C@H](O)[C@@H]3O[C@H]3O[C@H]([C@H](O)CO)[C@@H](O)[C@H](O)[C@@H]3O)[C@@H](O[C@@H]3[C@H](O)[C@@H](O[C@@H]4[C@H](O)[C@@H](O[C@H]5[C@@H]([C@H](O)CO)O[C@@](O)(C(=O)O)C[C@H]5O)O[C@H]([C@@H](O)CO)[C@H]4O[C@@H]4O[C@H](CO)[C@@H](O)[C@H](O)[C@H]4O)O[C@H]([C@@H](O)CO[C@H]4O[C@H]([C@@H](O)CO)[C@@H](O)[C@H](O)[C@@H]4O)[C@H]3O)O[C@@H]2C(=O)O)O[C@H](CO)[C@@H](O[C@H]2O[C@H](CO[C@@H]3O[C@H](CO)[C@@H](O)[C@H](O)[C@H]3O)[C@@H](O)[C@H](O)[C@H]2O)[C@@H]1O. The minimum absolute atomic E-state index is 0.936. The van der Waals surface area contributed by atoms with E-state index in [2.05, 4.69) is 0 Å². The first kappa shape index (κ1) is 114. The average Bonchev–Trinajstić information content (AvgIpc) is 0.776. The molecular formula is C73H123NO63. The number of rotatable bonds is 38. The second-order valence-corrected chi connectivity index (χ2v) is 34.4. The third-order valence-electron chi connectivity index (χ3n) is 25.2. The largest absolute Gasteiger partial charge is 0.479 e. The molecule has 0 radical (unpaired) electrons. The van der Waals surface area contributed by atoms with Crippen LogP contribution in [0.4, 0.5) is 0 Å². The Kier molecular flexibility index (Phi) is 40.3. The van der Waals surface area contributed by atoms with Crippen LogP contribution in [-0.4, -0.2) is 650 Å². The molecule has 798 valence electrons. The molecule has 137 heavy (non-hydrogen) atoms. The molecule has 11 fully saturated rings. The van der Waals surface area contributed by atoms with Crippen molar-refractivity contribution in [1.82, 2.24) is 0 Å². The van der Waals surface area contributed by atoms with Crippen molar-refractivity contribution in [2.45, 2.75) is 374 Å². The van der Waals surface area contributed by atoms with Crippen molar-refractivity contribution < 1.29 is 313 Å². The summed E-state index contributed by atoms with van der Waals surface area (Å²) in [6.07, 6.45) is -145. The second-order valence-electron chi connectivity index (χ2n) is 34.4. The highest BCUT2D eigenvalue weighted by atomic mass is 16.8. The van der Waals surface area contributed by atoms with Gasteiger partial charge in [0.2, 0.25) is 0 Å². The Labute approximate surface area is 769 Å². The van der Waals surface area contributed by atoms with Crippen LogP contribution in [0.15, 0.2) is 0 Å². The van der Waals surface area contributed by atoms with E-state index in [4.69, 9.17) is 105 Å². The third kappa shape index (κ3) is 24.0. The molecule has 11 rings (SSSR count). The maximum Gasteiger partial charge on any atom is 0.364 e. The Bertz CT molecular complexity index is 3680. The van der Waals surface area contributed by atoms with Crippen molar-refractivity contribution >= 4 is 11.9 Å². The van der Waals surface area contributed by atoms with Gasteiger partial charge in [0.05, 0.1) is 78.2 Å². The van der Waals surface area contributed by atoms with E-state index in [1.54, 1.807) is 0 Å². The fourth-order valence-electron chi connectivity index (χ4n) is 17.3. The predicted molar refractivity (Wildman–Crippen MR) is 406 cm³/mol. The van der Waals surface area contributed by atoms with Gasteiger partial charge >= 0.3 is 11.9 Å². The molecule has 0 aliphatic carbocycles. The smallest absolute Gasteiger partial charge is 0.364 e. The summed E-state index contributed by atoms with van der Waals surface area (Å²) in [4.78, 5) is 26.4. The minimum atomic E-state index is -3.43. The van der Waals surface area contributed by atoms with Crippen molar-refractivity contribution in [1.29, 1.82) is 0 Å². The molecule has 64 heteroatoms. The molecule has 0 aromatic heterocycles. The number of hydrogen-bond donors (Lipinski definition) is 41. The number of aliphatic carboxylic acids is 2. The highest BCUT2D eigenvalue weighted by molar-refractivity contribution is 5.75. The quantitative estimate of drug-likeness (QED) is 0.0273. The third-order valence-corrected chi connectivity index (χ3v) is 25.2. The van der Waals surface area contributed by atoms with Gasteiger partial charge in [0.15, 0.2) is 69.0 Å². The molecule has 11 heterocycles. The molecule has 0 spiro atoms. The second kappa shape index (κ2) is 48.5. The van der Waals surface area contributed by atoms with Crippen molar-refractivity contribution in [3.8, 4) is 0 Å². The fraction of sp³-hybridized carbons (Fsp3) is 0.973. The molecule has 0 aromatic rings. The lowest BCUT2D eigenvalue weighted by Gasteiger charge is -2.52. The summed E-state index contributed by atoms with van der Waals surface area (Å²) in [5.41, 5.74) is 6.53. The maximum absolute atomic E-state index is 14.1. The minimum Gasteiger partial charge on any atom is -0.479 e. The first-order valence-corrected chi connectivity index (χ1v) is 42.8. The van der Waals surface area contributed by atoms with Gasteiger partial charge < -0.3 is 309 Å². The Morgan fingerprint density at radius 1 is 0.285 bits per heavy atom. The number of ether oxygens (including phenoxy) is 21. The summed E-state index contributed by atoms with van der Waals surface area (Å²) in [5, 5.41) is 445. The van der Waals surface area contributed by atoms with E-state index in [1.807, 2.05) is 0 Å². The van der Waals surface area contributed by atoms with Crippen LogP contribution in [0.3, 0.4) is 0 Å². The van der Waals surface area contributed by atoms with Gasteiger partial charge in [-0.1, -0.05) is 0 Å². The van der Waals surface area contributed by atoms with Gasteiger partial charge in [0.25, 0.3) is 5.79 Å². The van der Waals surface area contributed by atoms with E-state index in [0.717, 1.165) is 0 Å². The zero-order valence-corrected chi connectivity index (χ0v) is 71.2. The zero-order valence-electron chi connectivity index (χ0n) is 71.2. The lowest BCUT2D eigenvalue weighted by molar-refractivity contribution is -0.419. The van der Waals surface area contributed by atoms with E-state index < -0.39 is 452 Å². The first-order valence-electron chi connectivity index (χ1n) is 42.8. The highest BCUT2D eigenvalue weighted by Gasteiger charge is 2.65. The van der Waals surface area contributed by atoms with Crippen LogP contribution in [-0.2, 0) is 109 Å². The highest BCUT2D eigenvalue weighted by Crippen LogP contribution is 2.44. The summed E-state index contributed by atoms with van der Waals surface area (Å²) in [6, 6.07) is -2.28. The van der Waals surface area contributed by atoms with Crippen LogP contribution < -0.4 is 5.73 Å². The Morgan fingerprint density at radius 3 is 1.12 bits per heavy atom. The van der Waals surface area contributed by atoms with Gasteiger partial charge in [0.1, 0.15) is 281 Å². The van der Waals surface area contributed by atoms with Crippen molar-refractivity contribution in [2.24, 2.45) is 5.73 Å².